The van der Waals surface area contributed by atoms with Crippen molar-refractivity contribution in [3.63, 3.8) is 0 Å². The zero-order valence-corrected chi connectivity index (χ0v) is 13.7. The Labute approximate surface area is 142 Å². The van der Waals surface area contributed by atoms with E-state index >= 15 is 0 Å². The number of ether oxygens (including phenoxy) is 1. The first-order valence-corrected chi connectivity index (χ1v) is 7.70. The average molecular weight is 350 g/mol. The van der Waals surface area contributed by atoms with E-state index in [1.165, 1.54) is 0 Å². The van der Waals surface area contributed by atoms with Crippen molar-refractivity contribution in [1.82, 2.24) is 9.38 Å². The van der Waals surface area contributed by atoms with Gasteiger partial charge in [0.2, 0.25) is 0 Å². The number of rotatable bonds is 3. The number of nitrogens with zero attached hydrogens (tertiary/aromatic N) is 2. The fourth-order valence-corrected chi connectivity index (χ4v) is 2.44. The number of carbonyl (C=O) groups is 1. The Balaban J connectivity index is 1.92. The van der Waals surface area contributed by atoms with E-state index in [0.717, 1.165) is 16.9 Å². The summed E-state index contributed by atoms with van der Waals surface area (Å²) in [7, 11) is 0. The maximum absolute atomic E-state index is 11.5. The van der Waals surface area contributed by atoms with Gasteiger partial charge in [0.15, 0.2) is 0 Å². The molecule has 0 aliphatic heterocycles. The molecule has 3 aromatic rings. The molecule has 0 atom stereocenters. The van der Waals surface area contributed by atoms with Gasteiger partial charge < -0.3 is 9.14 Å². The molecule has 1 aromatic carbocycles. The van der Waals surface area contributed by atoms with E-state index in [1.807, 2.05) is 22.7 Å². The molecule has 23 heavy (non-hydrogen) atoms. The fraction of sp³-hybridized carbons (Fsp3) is 0.125. The van der Waals surface area contributed by atoms with Crippen LogP contribution < -0.4 is 5.32 Å². The summed E-state index contributed by atoms with van der Waals surface area (Å²) in [5, 5.41) is 3.63. The summed E-state index contributed by atoms with van der Waals surface area (Å²) >= 11 is 12.0. The highest BCUT2D eigenvalue weighted by molar-refractivity contribution is 6.42. The largest absolute Gasteiger partial charge is 0.450 e. The van der Waals surface area contributed by atoms with E-state index < -0.39 is 6.09 Å². The minimum absolute atomic E-state index is 0.320. The Kier molecular flexibility index (Phi) is 4.41. The van der Waals surface area contributed by atoms with Crippen molar-refractivity contribution in [2.75, 3.05) is 11.9 Å². The van der Waals surface area contributed by atoms with Gasteiger partial charge in [-0.2, -0.15) is 0 Å². The first-order valence-electron chi connectivity index (χ1n) is 6.95. The van der Waals surface area contributed by atoms with E-state index in [4.69, 9.17) is 27.9 Å². The first kappa shape index (κ1) is 15.6. The number of hydrogen-bond donors (Lipinski definition) is 1. The highest BCUT2D eigenvalue weighted by Crippen LogP contribution is 2.28. The topological polar surface area (TPSA) is 55.6 Å². The van der Waals surface area contributed by atoms with Gasteiger partial charge >= 0.3 is 6.09 Å². The zero-order valence-electron chi connectivity index (χ0n) is 12.2. The Bertz CT molecular complexity index is 877. The Hall–Kier alpha value is -2.24. The van der Waals surface area contributed by atoms with Crippen molar-refractivity contribution in [3.05, 3.63) is 52.8 Å². The first-order chi connectivity index (χ1) is 11.1. The quantitative estimate of drug-likeness (QED) is 0.733. The normalized spacial score (nSPS) is 10.7. The van der Waals surface area contributed by atoms with Gasteiger partial charge in [0.25, 0.3) is 0 Å². The zero-order chi connectivity index (χ0) is 16.4. The molecule has 2 heterocycles. The lowest BCUT2D eigenvalue weighted by molar-refractivity contribution is 0.168. The second-order valence-corrected chi connectivity index (χ2v) is 5.60. The molecule has 0 saturated carbocycles. The van der Waals surface area contributed by atoms with E-state index in [-0.39, 0.29) is 0 Å². The molecule has 118 valence electrons. The Morgan fingerprint density at radius 1 is 1.22 bits per heavy atom. The summed E-state index contributed by atoms with van der Waals surface area (Å²) in [6.45, 7) is 2.07. The molecule has 0 bridgehead atoms. The predicted octanol–water partition coefficient (Wildman–Crippen LogP) is 4.88. The van der Waals surface area contributed by atoms with Crippen LogP contribution in [0.3, 0.4) is 0 Å². The number of aromatic nitrogens is 2. The van der Waals surface area contributed by atoms with Gasteiger partial charge in [0.1, 0.15) is 5.65 Å². The number of carbonyl (C=O) groups excluding carboxylic acids is 1. The monoisotopic (exact) mass is 349 g/mol. The van der Waals surface area contributed by atoms with Gasteiger partial charge in [-0.25, -0.2) is 9.78 Å². The molecule has 0 spiro atoms. The highest BCUT2D eigenvalue weighted by atomic mass is 35.5. The van der Waals surface area contributed by atoms with Crippen molar-refractivity contribution >= 4 is 40.6 Å². The minimum Gasteiger partial charge on any atom is -0.450 e. The minimum atomic E-state index is -0.489. The van der Waals surface area contributed by atoms with Crippen LogP contribution >= 0.6 is 23.2 Å². The molecular formula is C16H13Cl2N3O2. The Morgan fingerprint density at radius 3 is 2.78 bits per heavy atom. The molecule has 0 aliphatic carbocycles. The fourth-order valence-electron chi connectivity index (χ4n) is 2.15. The molecule has 1 N–H and O–H groups in total. The van der Waals surface area contributed by atoms with Gasteiger partial charge in [0.05, 0.1) is 28.0 Å². The summed E-state index contributed by atoms with van der Waals surface area (Å²) in [5.41, 5.74) is 2.99. The molecule has 1 amide bonds. The molecule has 5 nitrogen and oxygen atoms in total. The lowest BCUT2D eigenvalue weighted by atomic mass is 10.2. The number of halogens is 2. The van der Waals surface area contributed by atoms with Crippen molar-refractivity contribution in [2.45, 2.75) is 6.92 Å². The van der Waals surface area contributed by atoms with Crippen LogP contribution in [-0.4, -0.2) is 22.1 Å². The number of pyridine rings is 1. The third-order valence-electron chi connectivity index (χ3n) is 3.19. The summed E-state index contributed by atoms with van der Waals surface area (Å²) in [6.07, 6.45) is 3.13. The SMILES string of the molecule is CCOC(=O)Nc1ccc2nc(-c3ccc(Cl)c(Cl)c3)cn2c1. The van der Waals surface area contributed by atoms with Gasteiger partial charge in [-0.05, 0) is 31.2 Å². The van der Waals surface area contributed by atoms with Crippen LogP contribution in [0.2, 0.25) is 10.0 Å². The van der Waals surface area contributed by atoms with E-state index in [9.17, 15) is 4.79 Å². The van der Waals surface area contributed by atoms with E-state index in [1.54, 1.807) is 31.3 Å². The third-order valence-corrected chi connectivity index (χ3v) is 3.93. The molecule has 0 radical (unpaired) electrons. The predicted molar refractivity (Wildman–Crippen MR) is 91.3 cm³/mol. The summed E-state index contributed by atoms with van der Waals surface area (Å²) in [6, 6.07) is 8.93. The van der Waals surface area contributed by atoms with Crippen LogP contribution in [0.15, 0.2) is 42.7 Å². The van der Waals surface area contributed by atoms with Crippen molar-refractivity contribution in [3.8, 4) is 11.3 Å². The summed E-state index contributed by atoms with van der Waals surface area (Å²) in [4.78, 5) is 16.0. The van der Waals surface area contributed by atoms with Gasteiger partial charge in [-0.15, -0.1) is 0 Å². The van der Waals surface area contributed by atoms with Gasteiger partial charge in [-0.3, -0.25) is 5.32 Å². The third kappa shape index (κ3) is 3.41. The van der Waals surface area contributed by atoms with Crippen molar-refractivity contribution in [2.24, 2.45) is 0 Å². The van der Waals surface area contributed by atoms with Crippen LogP contribution in [-0.2, 0) is 4.74 Å². The number of benzene rings is 1. The molecule has 0 aliphatic rings. The smallest absolute Gasteiger partial charge is 0.411 e. The number of anilines is 1. The number of nitrogens with one attached hydrogen (secondary N) is 1. The lowest BCUT2D eigenvalue weighted by Crippen LogP contribution is -2.13. The molecular weight excluding hydrogens is 337 g/mol. The van der Waals surface area contributed by atoms with Crippen molar-refractivity contribution < 1.29 is 9.53 Å². The average Bonchev–Trinajstić information content (AvgIpc) is 2.93. The standard InChI is InChI=1S/C16H13Cl2N3O2/c1-2-23-16(22)19-11-4-6-15-20-14(9-21(15)8-11)10-3-5-12(17)13(18)7-10/h3-9H,2H2,1H3,(H,19,22). The second-order valence-electron chi connectivity index (χ2n) is 4.78. The molecule has 0 saturated heterocycles. The van der Waals surface area contributed by atoms with Gasteiger partial charge in [-0.1, -0.05) is 29.3 Å². The van der Waals surface area contributed by atoms with E-state index in [2.05, 4.69) is 10.3 Å². The molecule has 0 fully saturated rings. The summed E-state index contributed by atoms with van der Waals surface area (Å²) in [5.74, 6) is 0. The maximum atomic E-state index is 11.5. The number of amides is 1. The van der Waals surface area contributed by atoms with Crippen LogP contribution in [0.4, 0.5) is 10.5 Å². The number of hydrogen-bond acceptors (Lipinski definition) is 3. The molecule has 7 heteroatoms. The summed E-state index contributed by atoms with van der Waals surface area (Å²) < 4.78 is 6.67. The van der Waals surface area contributed by atoms with E-state index in [0.29, 0.717) is 22.3 Å². The van der Waals surface area contributed by atoms with Crippen LogP contribution in [0, 0.1) is 0 Å². The van der Waals surface area contributed by atoms with Crippen LogP contribution in [0.25, 0.3) is 16.9 Å². The van der Waals surface area contributed by atoms with Gasteiger partial charge in [0, 0.05) is 18.0 Å². The number of imidazole rings is 1. The van der Waals surface area contributed by atoms with Crippen molar-refractivity contribution in [1.29, 1.82) is 0 Å². The maximum Gasteiger partial charge on any atom is 0.411 e. The van der Waals surface area contributed by atoms with Crippen LogP contribution in [0.5, 0.6) is 0 Å². The number of fused-ring (bicyclic) bond motifs is 1. The lowest BCUT2D eigenvalue weighted by Gasteiger charge is -2.05. The van der Waals surface area contributed by atoms with Crippen LogP contribution in [0.1, 0.15) is 6.92 Å². The molecule has 3 rings (SSSR count). The Morgan fingerprint density at radius 2 is 2.04 bits per heavy atom. The molecule has 2 aromatic heterocycles. The highest BCUT2D eigenvalue weighted by Gasteiger charge is 2.08. The molecule has 0 unspecified atom stereocenters. The second kappa shape index (κ2) is 6.48.